The van der Waals surface area contributed by atoms with E-state index in [4.69, 9.17) is 15.9 Å². The van der Waals surface area contributed by atoms with Crippen LogP contribution in [0.4, 0.5) is 0 Å². The van der Waals surface area contributed by atoms with Crippen LogP contribution in [0, 0.1) is 0 Å². The first-order valence-corrected chi connectivity index (χ1v) is 5.25. The van der Waals surface area contributed by atoms with E-state index in [0.29, 0.717) is 16.3 Å². The Morgan fingerprint density at radius 3 is 2.22 bits per heavy atom. The summed E-state index contributed by atoms with van der Waals surface area (Å²) < 4.78 is 0. The minimum Gasteiger partial charge on any atom is -0.480 e. The summed E-state index contributed by atoms with van der Waals surface area (Å²) in [7, 11) is 0. The van der Waals surface area contributed by atoms with Gasteiger partial charge >= 0.3 is 11.9 Å². The standard InChI is InChI=1S/C13H11NO4/c14-11(13(17)18)8-5-1-3-7-4-2-6-9(10(7)8)12(15)16/h1-6,11H,14H2,(H,15,16)(H,17,18)/t11-/m0/s1. The SMILES string of the molecule is N[C@H](C(=O)O)c1cccc2cccc(C(=O)O)c12. The summed E-state index contributed by atoms with van der Waals surface area (Å²) in [6, 6.07) is 8.44. The second-order valence-electron chi connectivity index (χ2n) is 3.87. The molecule has 1 atom stereocenters. The average molecular weight is 245 g/mol. The molecule has 2 rings (SSSR count). The Hall–Kier alpha value is -2.40. The quantitative estimate of drug-likeness (QED) is 0.762. The van der Waals surface area contributed by atoms with Crippen molar-refractivity contribution < 1.29 is 19.8 Å². The van der Waals surface area contributed by atoms with Gasteiger partial charge in [0.25, 0.3) is 0 Å². The Bertz CT molecular complexity index is 631. The molecule has 0 saturated heterocycles. The highest BCUT2D eigenvalue weighted by Gasteiger charge is 2.20. The maximum Gasteiger partial charge on any atom is 0.336 e. The number of aromatic carboxylic acids is 1. The second-order valence-corrected chi connectivity index (χ2v) is 3.87. The molecule has 0 amide bonds. The molecule has 0 aliphatic rings. The zero-order valence-electron chi connectivity index (χ0n) is 9.33. The third-order valence-corrected chi connectivity index (χ3v) is 2.77. The molecule has 0 aliphatic carbocycles. The number of carbonyl (C=O) groups is 2. The van der Waals surface area contributed by atoms with Gasteiger partial charge in [-0.1, -0.05) is 30.3 Å². The molecule has 0 saturated carbocycles. The third-order valence-electron chi connectivity index (χ3n) is 2.77. The van der Waals surface area contributed by atoms with Gasteiger partial charge in [0.15, 0.2) is 0 Å². The van der Waals surface area contributed by atoms with Crippen molar-refractivity contribution in [3.05, 3.63) is 47.5 Å². The lowest BCUT2D eigenvalue weighted by molar-refractivity contribution is -0.138. The van der Waals surface area contributed by atoms with Crippen molar-refractivity contribution in [2.24, 2.45) is 5.73 Å². The molecule has 0 radical (unpaired) electrons. The summed E-state index contributed by atoms with van der Waals surface area (Å²) in [5.74, 6) is -2.30. The number of hydrogen-bond acceptors (Lipinski definition) is 3. The molecular weight excluding hydrogens is 234 g/mol. The van der Waals surface area contributed by atoms with Crippen LogP contribution in [0.1, 0.15) is 22.0 Å². The van der Waals surface area contributed by atoms with Gasteiger partial charge < -0.3 is 15.9 Å². The number of rotatable bonds is 3. The van der Waals surface area contributed by atoms with Crippen molar-refractivity contribution >= 4 is 22.7 Å². The van der Waals surface area contributed by atoms with E-state index in [1.165, 1.54) is 12.1 Å². The van der Waals surface area contributed by atoms with Crippen molar-refractivity contribution in [3.63, 3.8) is 0 Å². The molecule has 92 valence electrons. The van der Waals surface area contributed by atoms with Crippen LogP contribution in [0.3, 0.4) is 0 Å². The second kappa shape index (κ2) is 4.46. The van der Waals surface area contributed by atoms with Gasteiger partial charge in [0.1, 0.15) is 6.04 Å². The van der Waals surface area contributed by atoms with Gasteiger partial charge in [0.2, 0.25) is 0 Å². The normalized spacial score (nSPS) is 12.3. The summed E-state index contributed by atoms with van der Waals surface area (Å²) >= 11 is 0. The molecule has 0 unspecified atom stereocenters. The van der Waals surface area contributed by atoms with Crippen molar-refractivity contribution in [2.45, 2.75) is 6.04 Å². The van der Waals surface area contributed by atoms with Crippen molar-refractivity contribution in [3.8, 4) is 0 Å². The minimum absolute atomic E-state index is 0.0554. The predicted molar refractivity (Wildman–Crippen MR) is 65.5 cm³/mol. The molecule has 0 heterocycles. The molecule has 18 heavy (non-hydrogen) atoms. The van der Waals surface area contributed by atoms with Gasteiger partial charge in [0.05, 0.1) is 5.56 Å². The lowest BCUT2D eigenvalue weighted by atomic mass is 9.95. The van der Waals surface area contributed by atoms with E-state index in [1.54, 1.807) is 24.3 Å². The van der Waals surface area contributed by atoms with E-state index in [2.05, 4.69) is 0 Å². The number of benzene rings is 2. The van der Waals surface area contributed by atoms with Crippen LogP contribution in [0.2, 0.25) is 0 Å². The first-order valence-electron chi connectivity index (χ1n) is 5.25. The molecule has 5 heteroatoms. The fourth-order valence-electron chi connectivity index (χ4n) is 1.94. The number of fused-ring (bicyclic) bond motifs is 1. The first kappa shape index (κ1) is 12.1. The molecule has 0 fully saturated rings. The molecule has 0 spiro atoms. The lowest BCUT2D eigenvalue weighted by Gasteiger charge is -2.12. The van der Waals surface area contributed by atoms with E-state index in [0.717, 1.165) is 0 Å². The molecule has 2 aromatic carbocycles. The molecule has 2 aromatic rings. The third kappa shape index (κ3) is 1.91. The van der Waals surface area contributed by atoms with Crippen LogP contribution < -0.4 is 5.73 Å². The Balaban J connectivity index is 2.81. The highest BCUT2D eigenvalue weighted by atomic mass is 16.4. The van der Waals surface area contributed by atoms with Gasteiger partial charge in [-0.05, 0) is 17.0 Å². The Morgan fingerprint density at radius 1 is 1.06 bits per heavy atom. The largest absolute Gasteiger partial charge is 0.480 e. The van der Waals surface area contributed by atoms with E-state index in [-0.39, 0.29) is 5.56 Å². The fraction of sp³-hybridized carbons (Fsp3) is 0.0769. The lowest BCUT2D eigenvalue weighted by Crippen LogP contribution is -2.21. The first-order chi connectivity index (χ1) is 8.52. The molecule has 4 N–H and O–H groups in total. The number of aliphatic carboxylic acids is 1. The van der Waals surface area contributed by atoms with E-state index >= 15 is 0 Å². The van der Waals surface area contributed by atoms with Gasteiger partial charge in [-0.25, -0.2) is 4.79 Å². The molecule has 5 nitrogen and oxygen atoms in total. The summed E-state index contributed by atoms with van der Waals surface area (Å²) in [6.45, 7) is 0. The number of nitrogens with two attached hydrogens (primary N) is 1. The van der Waals surface area contributed by atoms with E-state index in [1.807, 2.05) is 0 Å². The molecule has 0 aromatic heterocycles. The highest BCUT2D eigenvalue weighted by Crippen LogP contribution is 2.27. The zero-order valence-corrected chi connectivity index (χ0v) is 9.33. The van der Waals surface area contributed by atoms with Crippen molar-refractivity contribution in [1.82, 2.24) is 0 Å². The van der Waals surface area contributed by atoms with Crippen LogP contribution in [-0.2, 0) is 4.79 Å². The van der Waals surface area contributed by atoms with Gasteiger partial charge in [-0.2, -0.15) is 0 Å². The predicted octanol–water partition coefficient (Wildman–Crippen LogP) is 1.62. The Labute approximate surface area is 102 Å². The molecule has 0 aliphatic heterocycles. The van der Waals surface area contributed by atoms with Gasteiger partial charge in [0, 0.05) is 5.39 Å². The maximum atomic E-state index is 11.2. The van der Waals surface area contributed by atoms with Crippen LogP contribution >= 0.6 is 0 Å². The molecule has 0 bridgehead atoms. The van der Waals surface area contributed by atoms with Crippen molar-refractivity contribution in [1.29, 1.82) is 0 Å². The summed E-state index contributed by atoms with van der Waals surface area (Å²) in [5, 5.41) is 19.1. The highest BCUT2D eigenvalue weighted by molar-refractivity contribution is 6.06. The number of carboxylic acid groups (broad SMARTS) is 2. The minimum atomic E-state index is -1.24. The van der Waals surface area contributed by atoms with E-state index in [9.17, 15) is 9.59 Å². The topological polar surface area (TPSA) is 101 Å². The average Bonchev–Trinajstić information content (AvgIpc) is 2.36. The van der Waals surface area contributed by atoms with Gasteiger partial charge in [-0.3, -0.25) is 4.79 Å². The Morgan fingerprint density at radius 2 is 1.67 bits per heavy atom. The van der Waals surface area contributed by atoms with E-state index < -0.39 is 18.0 Å². The number of carboxylic acids is 2. The smallest absolute Gasteiger partial charge is 0.336 e. The summed E-state index contributed by atoms with van der Waals surface area (Å²) in [6.07, 6.45) is 0. The maximum absolute atomic E-state index is 11.2. The summed E-state index contributed by atoms with van der Waals surface area (Å²) in [4.78, 5) is 22.1. The van der Waals surface area contributed by atoms with Crippen LogP contribution in [-0.4, -0.2) is 22.2 Å². The summed E-state index contributed by atoms with van der Waals surface area (Å²) in [5.41, 5.74) is 5.94. The van der Waals surface area contributed by atoms with Crippen LogP contribution in [0.25, 0.3) is 10.8 Å². The van der Waals surface area contributed by atoms with Crippen LogP contribution in [0.5, 0.6) is 0 Å². The molecular formula is C13H11NO4. The zero-order chi connectivity index (χ0) is 13.3. The van der Waals surface area contributed by atoms with Gasteiger partial charge in [-0.15, -0.1) is 0 Å². The Kier molecular flexibility index (Phi) is 2.99. The fourth-order valence-corrected chi connectivity index (χ4v) is 1.94. The van der Waals surface area contributed by atoms with Crippen molar-refractivity contribution in [2.75, 3.05) is 0 Å². The monoisotopic (exact) mass is 245 g/mol. The van der Waals surface area contributed by atoms with Crippen LogP contribution in [0.15, 0.2) is 36.4 Å². The number of hydrogen-bond donors (Lipinski definition) is 3.